The molecule has 1 aromatic carbocycles. The van der Waals surface area contributed by atoms with Gasteiger partial charge in [0.15, 0.2) is 0 Å². The van der Waals surface area contributed by atoms with Crippen molar-refractivity contribution < 1.29 is 0 Å². The van der Waals surface area contributed by atoms with Crippen molar-refractivity contribution in [3.05, 3.63) is 48.2 Å². The molecule has 1 aromatic rings. The molecule has 0 aliphatic heterocycles. The maximum absolute atomic E-state index is 3.64. The van der Waals surface area contributed by atoms with Gasteiger partial charge in [-0.1, -0.05) is 36.7 Å². The largest absolute Gasteiger partial charge is 0.0987 e. The van der Waals surface area contributed by atoms with Crippen LogP contribution in [-0.4, -0.2) is 0 Å². The molecule has 0 spiro atoms. The quantitative estimate of drug-likeness (QED) is 0.664. The van der Waals surface area contributed by atoms with Gasteiger partial charge in [0.25, 0.3) is 0 Å². The summed E-state index contributed by atoms with van der Waals surface area (Å²) in [6, 6.07) is 9.18. The summed E-state index contributed by atoms with van der Waals surface area (Å²) in [5, 5.41) is 3.61. The molecule has 0 saturated heterocycles. The van der Waals surface area contributed by atoms with Crippen molar-refractivity contribution in [2.45, 2.75) is 9.79 Å². The topological polar surface area (TPSA) is 0 Å². The fraction of sp³-hybridized carbons (Fsp3) is 0. The molecule has 0 heterocycles. The SMILES string of the molecule is C=CSc1[c]cc(SC=C)cc1. The zero-order valence-corrected chi connectivity index (χ0v) is 8.25. The second-order valence-corrected chi connectivity index (χ2v) is 4.01. The fourth-order valence-corrected chi connectivity index (χ4v) is 1.65. The third kappa shape index (κ3) is 2.80. The van der Waals surface area contributed by atoms with Gasteiger partial charge in [0, 0.05) is 9.79 Å². The Hall–Kier alpha value is -0.600. The van der Waals surface area contributed by atoms with Gasteiger partial charge in [-0.25, -0.2) is 0 Å². The molecule has 12 heavy (non-hydrogen) atoms. The van der Waals surface area contributed by atoms with Crippen LogP contribution in [0.5, 0.6) is 0 Å². The maximum Gasteiger partial charge on any atom is 0.0195 e. The summed E-state index contributed by atoms with van der Waals surface area (Å²) in [6.45, 7) is 7.28. The lowest BCUT2D eigenvalue weighted by molar-refractivity contribution is 1.35. The Kier molecular flexibility index (Phi) is 4.05. The van der Waals surface area contributed by atoms with Crippen LogP contribution < -0.4 is 0 Å². The normalized spacial score (nSPS) is 9.33. The summed E-state index contributed by atoms with van der Waals surface area (Å²) in [5.41, 5.74) is 0. The molecule has 1 rings (SSSR count). The second kappa shape index (κ2) is 5.12. The lowest BCUT2D eigenvalue weighted by atomic mass is 10.4. The predicted octanol–water partition coefficient (Wildman–Crippen LogP) is 3.96. The van der Waals surface area contributed by atoms with Crippen LogP contribution in [0.4, 0.5) is 0 Å². The molecule has 0 nitrogen and oxygen atoms in total. The van der Waals surface area contributed by atoms with Crippen LogP contribution in [0.1, 0.15) is 0 Å². The van der Waals surface area contributed by atoms with Gasteiger partial charge in [0.2, 0.25) is 0 Å². The zero-order valence-electron chi connectivity index (χ0n) is 6.62. The van der Waals surface area contributed by atoms with Crippen LogP contribution in [0.3, 0.4) is 0 Å². The Balaban J connectivity index is 2.70. The molecule has 0 N–H and O–H groups in total. The van der Waals surface area contributed by atoms with E-state index < -0.39 is 0 Å². The molecule has 0 amide bonds. The number of hydrogen-bond acceptors (Lipinski definition) is 2. The lowest BCUT2D eigenvalue weighted by Crippen LogP contribution is -1.70. The van der Waals surface area contributed by atoms with E-state index in [9.17, 15) is 0 Å². The monoisotopic (exact) mass is 193 g/mol. The Morgan fingerprint density at radius 1 is 1.17 bits per heavy atom. The van der Waals surface area contributed by atoms with Gasteiger partial charge in [-0.3, -0.25) is 0 Å². The molecule has 1 radical (unpaired) electrons. The summed E-state index contributed by atoms with van der Waals surface area (Å²) in [5.74, 6) is 0. The molecule has 0 unspecified atom stereocenters. The summed E-state index contributed by atoms with van der Waals surface area (Å²) in [6.07, 6.45) is 0. The fourth-order valence-electron chi connectivity index (χ4n) is 0.729. The molecular formula is C10H9S2. The summed E-state index contributed by atoms with van der Waals surface area (Å²) >= 11 is 3.17. The molecule has 0 atom stereocenters. The van der Waals surface area contributed by atoms with Crippen molar-refractivity contribution in [2.75, 3.05) is 0 Å². The maximum atomic E-state index is 3.64. The summed E-state index contributed by atoms with van der Waals surface area (Å²) in [7, 11) is 0. The number of thioether (sulfide) groups is 2. The van der Waals surface area contributed by atoms with Gasteiger partial charge in [0.05, 0.1) is 0 Å². The highest BCUT2D eigenvalue weighted by atomic mass is 32.2. The third-order valence-electron chi connectivity index (χ3n) is 1.19. The highest BCUT2D eigenvalue weighted by Gasteiger charge is 1.91. The smallest absolute Gasteiger partial charge is 0.0195 e. The molecule has 61 valence electrons. The first-order valence-electron chi connectivity index (χ1n) is 3.43. The van der Waals surface area contributed by atoms with Crippen LogP contribution in [0.25, 0.3) is 0 Å². The number of rotatable bonds is 4. The van der Waals surface area contributed by atoms with Crippen LogP contribution in [-0.2, 0) is 0 Å². The molecule has 0 fully saturated rings. The van der Waals surface area contributed by atoms with Crippen molar-refractivity contribution in [1.82, 2.24) is 0 Å². The molecular weight excluding hydrogens is 184 g/mol. The van der Waals surface area contributed by atoms with Gasteiger partial charge in [-0.15, -0.1) is 0 Å². The number of benzene rings is 1. The van der Waals surface area contributed by atoms with E-state index in [1.54, 1.807) is 28.9 Å². The second-order valence-electron chi connectivity index (χ2n) is 1.96. The Morgan fingerprint density at radius 3 is 2.42 bits per heavy atom. The average molecular weight is 193 g/mol. The minimum Gasteiger partial charge on any atom is -0.0987 e. The molecule has 0 aromatic heterocycles. The van der Waals surface area contributed by atoms with Gasteiger partial charge in [-0.05, 0) is 35.1 Å². The van der Waals surface area contributed by atoms with Crippen molar-refractivity contribution in [1.29, 1.82) is 0 Å². The first kappa shape index (κ1) is 9.49. The van der Waals surface area contributed by atoms with Crippen LogP contribution >= 0.6 is 23.5 Å². The van der Waals surface area contributed by atoms with Gasteiger partial charge in [0.1, 0.15) is 0 Å². The van der Waals surface area contributed by atoms with E-state index >= 15 is 0 Å². The Morgan fingerprint density at radius 2 is 1.92 bits per heavy atom. The van der Waals surface area contributed by atoms with Crippen molar-refractivity contribution in [2.24, 2.45) is 0 Å². The van der Waals surface area contributed by atoms with Crippen molar-refractivity contribution in [3.63, 3.8) is 0 Å². The third-order valence-corrected chi connectivity index (χ3v) is 2.55. The minimum absolute atomic E-state index is 1.10. The van der Waals surface area contributed by atoms with E-state index in [1.807, 2.05) is 17.5 Å². The van der Waals surface area contributed by atoms with Crippen molar-refractivity contribution >= 4 is 23.5 Å². The standard InChI is InChI=1S/C10H9S2/c1-3-11-9-5-7-10(8-6-9)12-4-2/h3-7H,1-2H2. The molecule has 0 bridgehead atoms. The summed E-state index contributed by atoms with van der Waals surface area (Å²) in [4.78, 5) is 2.26. The Labute approximate surface area is 81.8 Å². The predicted molar refractivity (Wildman–Crippen MR) is 57.4 cm³/mol. The highest BCUT2D eigenvalue weighted by Crippen LogP contribution is 2.23. The average Bonchev–Trinajstić information content (AvgIpc) is 2.09. The van der Waals surface area contributed by atoms with E-state index in [-0.39, 0.29) is 0 Å². The van der Waals surface area contributed by atoms with Crippen molar-refractivity contribution in [3.8, 4) is 0 Å². The van der Waals surface area contributed by atoms with Gasteiger partial charge < -0.3 is 0 Å². The van der Waals surface area contributed by atoms with E-state index in [0.717, 1.165) is 4.90 Å². The lowest BCUT2D eigenvalue weighted by Gasteiger charge is -1.97. The molecule has 0 aliphatic rings. The van der Waals surface area contributed by atoms with E-state index in [0.29, 0.717) is 0 Å². The number of hydrogen-bond donors (Lipinski definition) is 0. The molecule has 0 aliphatic carbocycles. The van der Waals surface area contributed by atoms with E-state index in [4.69, 9.17) is 0 Å². The first-order valence-corrected chi connectivity index (χ1v) is 5.19. The van der Waals surface area contributed by atoms with Crippen LogP contribution in [0.2, 0.25) is 0 Å². The van der Waals surface area contributed by atoms with Gasteiger partial charge >= 0.3 is 0 Å². The van der Waals surface area contributed by atoms with Crippen LogP contribution in [0.15, 0.2) is 52.0 Å². The van der Waals surface area contributed by atoms with Crippen LogP contribution in [0, 0.1) is 6.07 Å². The Bertz CT molecular complexity index is 233. The summed E-state index contributed by atoms with van der Waals surface area (Å²) < 4.78 is 0. The highest BCUT2D eigenvalue weighted by molar-refractivity contribution is 8.02. The zero-order chi connectivity index (χ0) is 8.81. The van der Waals surface area contributed by atoms with E-state index in [2.05, 4.69) is 25.3 Å². The molecule has 0 saturated carbocycles. The molecule has 2 heteroatoms. The van der Waals surface area contributed by atoms with E-state index in [1.165, 1.54) is 4.90 Å². The minimum atomic E-state index is 1.10. The first-order chi connectivity index (χ1) is 5.86. The van der Waals surface area contributed by atoms with Gasteiger partial charge in [-0.2, -0.15) is 0 Å².